The maximum atomic E-state index is 12.6. The molecule has 2 aromatic rings. The van der Waals surface area contributed by atoms with Crippen LogP contribution in [0.3, 0.4) is 0 Å². The van der Waals surface area contributed by atoms with Gasteiger partial charge in [0.1, 0.15) is 11.6 Å². The third-order valence-corrected chi connectivity index (χ3v) is 3.74. The molecule has 2 heterocycles. The first-order chi connectivity index (χ1) is 12.2. The molecule has 0 spiro atoms. The molecule has 0 saturated heterocycles. The van der Waals surface area contributed by atoms with Gasteiger partial charge in [-0.1, -0.05) is 11.6 Å². The molecule has 0 aliphatic carbocycles. The van der Waals surface area contributed by atoms with Gasteiger partial charge in [-0.2, -0.15) is 13.2 Å². The van der Waals surface area contributed by atoms with E-state index >= 15 is 0 Å². The minimum absolute atomic E-state index is 0.0688. The molecule has 3 N–H and O–H groups in total. The minimum atomic E-state index is -4.51. The Kier molecular flexibility index (Phi) is 6.38. The fourth-order valence-electron chi connectivity index (χ4n) is 2.04. The van der Waals surface area contributed by atoms with Crippen LogP contribution in [0.1, 0.15) is 22.4 Å². The number of aliphatic hydroxyl groups excluding tert-OH is 1. The lowest BCUT2D eigenvalue weighted by Gasteiger charge is -2.10. The average Bonchev–Trinajstić information content (AvgIpc) is 2.58. The molecule has 0 saturated carbocycles. The fraction of sp³-hybridized carbons (Fsp3) is 0.312. The highest BCUT2D eigenvalue weighted by atomic mass is 35.5. The summed E-state index contributed by atoms with van der Waals surface area (Å²) in [5.41, 5.74) is 0.275. The number of rotatable bonds is 6. The van der Waals surface area contributed by atoms with Crippen molar-refractivity contribution in [1.82, 2.24) is 9.97 Å². The summed E-state index contributed by atoms with van der Waals surface area (Å²) in [6.07, 6.45) is -0.961. The predicted octanol–water partition coefficient (Wildman–Crippen LogP) is 3.19. The molecular weight excluding hydrogens is 373 g/mol. The molecule has 6 nitrogen and oxygen atoms in total. The van der Waals surface area contributed by atoms with Gasteiger partial charge in [0.05, 0.1) is 29.4 Å². The molecule has 0 unspecified atom stereocenters. The van der Waals surface area contributed by atoms with Crippen molar-refractivity contribution in [1.29, 1.82) is 0 Å². The normalized spacial score (nSPS) is 11.9. The second kappa shape index (κ2) is 8.33. The Morgan fingerprint density at radius 1 is 1.31 bits per heavy atom. The lowest BCUT2D eigenvalue weighted by atomic mass is 10.1. The summed E-state index contributed by atoms with van der Waals surface area (Å²) < 4.78 is 37.7. The quantitative estimate of drug-likeness (QED) is 0.522. The van der Waals surface area contributed by atoms with Crippen molar-refractivity contribution in [3.63, 3.8) is 0 Å². The topological polar surface area (TPSA) is 90.6 Å². The Bertz CT molecular complexity index is 813. The van der Waals surface area contributed by atoms with Gasteiger partial charge >= 0.3 is 6.18 Å². The number of nitrogens with zero attached hydrogens (tertiary/aromatic N) is 3. The average molecular weight is 389 g/mol. The van der Waals surface area contributed by atoms with Crippen molar-refractivity contribution in [2.24, 2.45) is 4.99 Å². The number of aromatic hydroxyl groups is 1. The SMILES string of the molecule is Cc1ncc(CO)c(C=NCCNc2ncc(C(F)(F)F)cc2Cl)c1O. The molecule has 0 atom stereocenters. The zero-order valence-corrected chi connectivity index (χ0v) is 14.4. The highest BCUT2D eigenvalue weighted by Gasteiger charge is 2.31. The van der Waals surface area contributed by atoms with E-state index in [1.54, 1.807) is 6.92 Å². The number of hydrogen-bond acceptors (Lipinski definition) is 6. The van der Waals surface area contributed by atoms with Crippen LogP contribution in [0.5, 0.6) is 5.75 Å². The number of hydrogen-bond donors (Lipinski definition) is 3. The minimum Gasteiger partial charge on any atom is -0.505 e. The van der Waals surface area contributed by atoms with E-state index in [1.807, 2.05) is 0 Å². The molecule has 0 radical (unpaired) electrons. The second-order valence-electron chi connectivity index (χ2n) is 5.30. The van der Waals surface area contributed by atoms with Crippen LogP contribution in [-0.4, -0.2) is 39.5 Å². The molecule has 2 aromatic heterocycles. The monoisotopic (exact) mass is 388 g/mol. The molecule has 140 valence electrons. The van der Waals surface area contributed by atoms with E-state index in [0.717, 1.165) is 6.07 Å². The molecular formula is C16H16ClF3N4O2. The number of halogens is 4. The summed E-state index contributed by atoms with van der Waals surface area (Å²) in [5, 5.41) is 21.9. The van der Waals surface area contributed by atoms with Crippen molar-refractivity contribution < 1.29 is 23.4 Å². The number of aromatic nitrogens is 2. The van der Waals surface area contributed by atoms with Gasteiger partial charge in [-0.15, -0.1) is 0 Å². The molecule has 0 bridgehead atoms. The number of alkyl halides is 3. The predicted molar refractivity (Wildman–Crippen MR) is 91.8 cm³/mol. The summed E-state index contributed by atoms with van der Waals surface area (Å²) in [6.45, 7) is 1.82. The Morgan fingerprint density at radius 3 is 2.65 bits per heavy atom. The van der Waals surface area contributed by atoms with Gasteiger partial charge in [-0.3, -0.25) is 9.98 Å². The molecule has 10 heteroatoms. The smallest absolute Gasteiger partial charge is 0.417 e. The van der Waals surface area contributed by atoms with E-state index in [2.05, 4.69) is 20.3 Å². The van der Waals surface area contributed by atoms with Crippen LogP contribution in [0.2, 0.25) is 5.02 Å². The van der Waals surface area contributed by atoms with Crippen molar-refractivity contribution in [3.8, 4) is 5.75 Å². The first-order valence-electron chi connectivity index (χ1n) is 7.48. The molecule has 0 fully saturated rings. The Hall–Kier alpha value is -2.39. The first kappa shape index (κ1) is 19.9. The van der Waals surface area contributed by atoms with E-state index in [0.29, 0.717) is 23.0 Å². The van der Waals surface area contributed by atoms with Gasteiger partial charge in [0, 0.05) is 36.3 Å². The van der Waals surface area contributed by atoms with Gasteiger partial charge in [0.15, 0.2) is 0 Å². The Balaban J connectivity index is 1.98. The van der Waals surface area contributed by atoms with Crippen LogP contribution in [0, 0.1) is 6.92 Å². The van der Waals surface area contributed by atoms with Crippen LogP contribution in [0.15, 0.2) is 23.5 Å². The summed E-state index contributed by atoms with van der Waals surface area (Å²) in [5.74, 6) is 0.0502. The van der Waals surface area contributed by atoms with Crippen LogP contribution in [0.4, 0.5) is 19.0 Å². The van der Waals surface area contributed by atoms with E-state index in [9.17, 15) is 23.4 Å². The van der Waals surface area contributed by atoms with Crippen molar-refractivity contribution in [2.75, 3.05) is 18.4 Å². The van der Waals surface area contributed by atoms with Gasteiger partial charge in [-0.05, 0) is 13.0 Å². The summed E-state index contributed by atoms with van der Waals surface area (Å²) in [4.78, 5) is 11.7. The van der Waals surface area contributed by atoms with Crippen LogP contribution < -0.4 is 5.32 Å². The zero-order chi connectivity index (χ0) is 19.3. The number of aryl methyl sites for hydroxylation is 1. The highest BCUT2D eigenvalue weighted by Crippen LogP contribution is 2.32. The number of nitrogens with one attached hydrogen (secondary N) is 1. The van der Waals surface area contributed by atoms with Crippen molar-refractivity contribution >= 4 is 23.6 Å². The van der Waals surface area contributed by atoms with E-state index in [-0.39, 0.29) is 36.3 Å². The fourth-order valence-corrected chi connectivity index (χ4v) is 2.27. The van der Waals surface area contributed by atoms with Gasteiger partial charge in [0.25, 0.3) is 0 Å². The number of anilines is 1. The molecule has 2 rings (SSSR count). The molecule has 26 heavy (non-hydrogen) atoms. The van der Waals surface area contributed by atoms with Crippen LogP contribution >= 0.6 is 11.6 Å². The lowest BCUT2D eigenvalue weighted by molar-refractivity contribution is -0.137. The molecule has 0 aliphatic heterocycles. The van der Waals surface area contributed by atoms with Crippen LogP contribution in [-0.2, 0) is 12.8 Å². The van der Waals surface area contributed by atoms with Gasteiger partial charge in [-0.25, -0.2) is 4.98 Å². The van der Waals surface area contributed by atoms with Gasteiger partial charge < -0.3 is 15.5 Å². The van der Waals surface area contributed by atoms with Crippen molar-refractivity contribution in [3.05, 3.63) is 45.9 Å². The summed E-state index contributed by atoms with van der Waals surface area (Å²) in [6, 6.07) is 0.797. The summed E-state index contributed by atoms with van der Waals surface area (Å²) >= 11 is 5.79. The molecule has 0 aliphatic rings. The highest BCUT2D eigenvalue weighted by molar-refractivity contribution is 6.32. The number of aliphatic imine (C=N–C) groups is 1. The molecule has 0 aromatic carbocycles. The molecule has 0 amide bonds. The number of aliphatic hydroxyl groups is 1. The van der Waals surface area contributed by atoms with E-state index in [4.69, 9.17) is 11.6 Å². The third-order valence-electron chi connectivity index (χ3n) is 3.45. The maximum absolute atomic E-state index is 12.6. The number of pyridine rings is 2. The van der Waals surface area contributed by atoms with E-state index < -0.39 is 11.7 Å². The first-order valence-corrected chi connectivity index (χ1v) is 7.86. The Labute approximate surface area is 152 Å². The standard InChI is InChI=1S/C16H16ClF3N4O2/c1-9-14(26)12(10(8-25)5-23-9)7-21-2-3-22-15-13(17)4-11(6-24-15)16(18,19)20/h4-7,25-26H,2-3,8H2,1H3,(H,22,24). The van der Waals surface area contributed by atoms with E-state index in [1.165, 1.54) is 12.4 Å². The lowest BCUT2D eigenvalue weighted by Crippen LogP contribution is -2.10. The maximum Gasteiger partial charge on any atom is 0.417 e. The second-order valence-corrected chi connectivity index (χ2v) is 5.71. The van der Waals surface area contributed by atoms with Crippen LogP contribution in [0.25, 0.3) is 0 Å². The zero-order valence-electron chi connectivity index (χ0n) is 13.7. The Morgan fingerprint density at radius 2 is 2.04 bits per heavy atom. The summed E-state index contributed by atoms with van der Waals surface area (Å²) in [7, 11) is 0. The largest absolute Gasteiger partial charge is 0.505 e. The third kappa shape index (κ3) is 4.83. The van der Waals surface area contributed by atoms with Gasteiger partial charge in [0.2, 0.25) is 0 Å². The van der Waals surface area contributed by atoms with Crippen molar-refractivity contribution in [2.45, 2.75) is 19.7 Å².